The van der Waals surface area contributed by atoms with Gasteiger partial charge in [0.1, 0.15) is 0 Å². The highest BCUT2D eigenvalue weighted by molar-refractivity contribution is 9.11. The van der Waals surface area contributed by atoms with E-state index in [1.165, 1.54) is 34.3 Å². The summed E-state index contributed by atoms with van der Waals surface area (Å²) in [5.41, 5.74) is 6.57. The highest BCUT2D eigenvalue weighted by Crippen LogP contribution is 2.63. The second-order valence-electron chi connectivity index (χ2n) is 4.53. The molecule has 2 saturated carbocycles. The Bertz CT molecular complexity index is 348. The maximum absolute atomic E-state index is 6.52. The summed E-state index contributed by atoms with van der Waals surface area (Å²) < 4.78 is 1.21. The van der Waals surface area contributed by atoms with Crippen LogP contribution in [0.3, 0.4) is 0 Å². The van der Waals surface area contributed by atoms with Crippen molar-refractivity contribution in [1.82, 2.24) is 0 Å². The molecule has 76 valence electrons. The molecule has 1 aromatic rings. The molecule has 0 saturated heterocycles. The van der Waals surface area contributed by atoms with Crippen molar-refractivity contribution in [1.29, 1.82) is 0 Å². The minimum Gasteiger partial charge on any atom is -0.320 e. The smallest absolute Gasteiger partial charge is 0.0702 e. The Labute approximate surface area is 96.8 Å². The van der Waals surface area contributed by atoms with Crippen LogP contribution in [0.5, 0.6) is 0 Å². The Kier molecular flexibility index (Phi) is 2.05. The fourth-order valence-electron chi connectivity index (χ4n) is 3.08. The van der Waals surface area contributed by atoms with Crippen LogP contribution in [0.4, 0.5) is 0 Å². The van der Waals surface area contributed by atoms with Crippen LogP contribution in [0.1, 0.15) is 30.6 Å². The minimum absolute atomic E-state index is 0.0488. The van der Waals surface area contributed by atoms with Gasteiger partial charge in [0, 0.05) is 4.88 Å². The van der Waals surface area contributed by atoms with E-state index in [1.807, 2.05) is 11.3 Å². The van der Waals surface area contributed by atoms with Crippen LogP contribution in [0.25, 0.3) is 0 Å². The molecule has 2 aliphatic rings. The minimum atomic E-state index is 0.0488. The van der Waals surface area contributed by atoms with Gasteiger partial charge >= 0.3 is 0 Å². The molecular formula is C11H14BrNS. The maximum Gasteiger partial charge on any atom is 0.0702 e. The number of halogens is 1. The van der Waals surface area contributed by atoms with Gasteiger partial charge in [0.25, 0.3) is 0 Å². The Hall–Kier alpha value is 0.140. The molecule has 3 heteroatoms. The predicted molar refractivity (Wildman–Crippen MR) is 63.3 cm³/mol. The lowest BCUT2D eigenvalue weighted by Crippen LogP contribution is -2.22. The summed E-state index contributed by atoms with van der Waals surface area (Å²) >= 11 is 5.33. The summed E-state index contributed by atoms with van der Waals surface area (Å²) in [6.45, 7) is 0. The molecule has 0 radical (unpaired) electrons. The first-order valence-electron chi connectivity index (χ1n) is 5.27. The van der Waals surface area contributed by atoms with Crippen LogP contribution in [-0.2, 0) is 5.54 Å². The Morgan fingerprint density at radius 1 is 1.29 bits per heavy atom. The topological polar surface area (TPSA) is 26.0 Å². The molecule has 0 aromatic carbocycles. The molecule has 1 aromatic heterocycles. The van der Waals surface area contributed by atoms with E-state index in [-0.39, 0.29) is 5.54 Å². The number of hydrogen-bond acceptors (Lipinski definition) is 2. The van der Waals surface area contributed by atoms with E-state index in [0.717, 1.165) is 11.8 Å². The molecular weight excluding hydrogens is 258 g/mol. The van der Waals surface area contributed by atoms with Crippen LogP contribution in [-0.4, -0.2) is 0 Å². The second kappa shape index (κ2) is 3.06. The van der Waals surface area contributed by atoms with E-state index >= 15 is 0 Å². The van der Waals surface area contributed by atoms with Gasteiger partial charge in [-0.15, -0.1) is 11.3 Å². The summed E-state index contributed by atoms with van der Waals surface area (Å²) in [6.07, 6.45) is 5.45. The van der Waals surface area contributed by atoms with Gasteiger partial charge in [0.2, 0.25) is 0 Å². The quantitative estimate of drug-likeness (QED) is 0.832. The highest BCUT2D eigenvalue weighted by Gasteiger charge is 2.63. The first-order valence-corrected chi connectivity index (χ1v) is 6.88. The van der Waals surface area contributed by atoms with Crippen molar-refractivity contribution in [2.24, 2.45) is 17.6 Å². The number of rotatable bonds is 1. The molecule has 14 heavy (non-hydrogen) atoms. The zero-order valence-corrected chi connectivity index (χ0v) is 10.4. The van der Waals surface area contributed by atoms with E-state index < -0.39 is 0 Å². The molecule has 2 atom stereocenters. The summed E-state index contributed by atoms with van der Waals surface area (Å²) in [5.74, 6) is 1.56. The van der Waals surface area contributed by atoms with Crippen molar-refractivity contribution in [3.63, 3.8) is 0 Å². The third-order valence-corrected chi connectivity index (χ3v) is 5.67. The molecule has 2 aliphatic carbocycles. The van der Waals surface area contributed by atoms with Crippen LogP contribution in [0, 0.1) is 11.8 Å². The van der Waals surface area contributed by atoms with Gasteiger partial charge in [0.15, 0.2) is 0 Å². The van der Waals surface area contributed by atoms with Crippen LogP contribution >= 0.6 is 27.3 Å². The summed E-state index contributed by atoms with van der Waals surface area (Å²) in [4.78, 5) is 1.39. The summed E-state index contributed by atoms with van der Waals surface area (Å²) in [5, 5.41) is 0. The van der Waals surface area contributed by atoms with Crippen molar-refractivity contribution >= 4 is 27.3 Å². The normalized spacial score (nSPS) is 40.7. The zero-order valence-electron chi connectivity index (χ0n) is 8.00. The standard InChI is InChI=1S/C11H14BrNS/c12-10-6-5-9(14-10)11(13)7-3-1-2-4-8(7)11/h5-8H,1-4,13H2. The van der Waals surface area contributed by atoms with Crippen molar-refractivity contribution < 1.29 is 0 Å². The monoisotopic (exact) mass is 271 g/mol. The van der Waals surface area contributed by atoms with Crippen LogP contribution in [0.15, 0.2) is 15.9 Å². The lowest BCUT2D eigenvalue weighted by molar-refractivity contribution is 0.480. The van der Waals surface area contributed by atoms with Gasteiger partial charge in [-0.25, -0.2) is 0 Å². The van der Waals surface area contributed by atoms with E-state index in [9.17, 15) is 0 Å². The third-order valence-electron chi connectivity index (χ3n) is 3.88. The average Bonchev–Trinajstić information content (AvgIpc) is 2.57. The number of hydrogen-bond donors (Lipinski definition) is 1. The van der Waals surface area contributed by atoms with E-state index in [4.69, 9.17) is 5.73 Å². The maximum atomic E-state index is 6.52. The first kappa shape index (κ1) is 9.37. The number of nitrogens with two attached hydrogens (primary N) is 1. The lowest BCUT2D eigenvalue weighted by Gasteiger charge is -2.07. The number of thiophene rings is 1. The largest absolute Gasteiger partial charge is 0.320 e. The van der Waals surface area contributed by atoms with Gasteiger partial charge in [-0.1, -0.05) is 12.8 Å². The fraction of sp³-hybridized carbons (Fsp3) is 0.636. The van der Waals surface area contributed by atoms with Gasteiger partial charge < -0.3 is 5.73 Å². The molecule has 0 amide bonds. The molecule has 0 aliphatic heterocycles. The Morgan fingerprint density at radius 2 is 1.93 bits per heavy atom. The average molecular weight is 272 g/mol. The molecule has 1 heterocycles. The van der Waals surface area contributed by atoms with Gasteiger partial charge in [-0.3, -0.25) is 0 Å². The van der Waals surface area contributed by atoms with Crippen LogP contribution < -0.4 is 5.73 Å². The molecule has 2 fully saturated rings. The lowest BCUT2D eigenvalue weighted by atomic mass is 10.0. The molecule has 2 unspecified atom stereocenters. The van der Waals surface area contributed by atoms with E-state index in [1.54, 1.807) is 0 Å². The van der Waals surface area contributed by atoms with E-state index in [0.29, 0.717) is 0 Å². The van der Waals surface area contributed by atoms with Crippen molar-refractivity contribution in [2.75, 3.05) is 0 Å². The number of fused-ring (bicyclic) bond motifs is 1. The summed E-state index contributed by atoms with van der Waals surface area (Å²) in [7, 11) is 0. The zero-order chi connectivity index (χ0) is 9.76. The molecule has 0 spiro atoms. The highest BCUT2D eigenvalue weighted by atomic mass is 79.9. The fourth-order valence-corrected chi connectivity index (χ4v) is 4.70. The Morgan fingerprint density at radius 3 is 2.43 bits per heavy atom. The molecule has 2 N–H and O–H groups in total. The van der Waals surface area contributed by atoms with Crippen LogP contribution in [0.2, 0.25) is 0 Å². The van der Waals surface area contributed by atoms with Crippen molar-refractivity contribution in [3.05, 3.63) is 20.8 Å². The Balaban J connectivity index is 1.92. The van der Waals surface area contributed by atoms with Crippen molar-refractivity contribution in [2.45, 2.75) is 31.2 Å². The van der Waals surface area contributed by atoms with Gasteiger partial charge in [-0.05, 0) is 52.7 Å². The van der Waals surface area contributed by atoms with Gasteiger partial charge in [0.05, 0.1) is 9.33 Å². The van der Waals surface area contributed by atoms with Crippen molar-refractivity contribution in [3.8, 4) is 0 Å². The third kappa shape index (κ3) is 1.15. The molecule has 1 nitrogen and oxygen atoms in total. The van der Waals surface area contributed by atoms with E-state index in [2.05, 4.69) is 28.1 Å². The predicted octanol–water partition coefficient (Wildman–Crippen LogP) is 3.48. The molecule has 0 bridgehead atoms. The molecule has 3 rings (SSSR count). The van der Waals surface area contributed by atoms with Gasteiger partial charge in [-0.2, -0.15) is 0 Å². The first-order chi connectivity index (χ1) is 6.73. The SMILES string of the molecule is NC1(c2ccc(Br)s2)C2CCCCC21. The second-order valence-corrected chi connectivity index (χ2v) is 7.00. The summed E-state index contributed by atoms with van der Waals surface area (Å²) in [6, 6.07) is 4.33.